The SMILES string of the molecule is COc1ccc(CCC(=O)N2CCC[C@@H]2c2cncc(-n3ccnc3C(C)C)n2)cc1. The van der Waals surface area contributed by atoms with Crippen molar-refractivity contribution in [3.8, 4) is 11.6 Å². The van der Waals surface area contributed by atoms with Crippen LogP contribution in [0.5, 0.6) is 5.75 Å². The molecule has 3 heterocycles. The molecular weight excluding hydrogens is 390 g/mol. The van der Waals surface area contributed by atoms with Crippen molar-refractivity contribution in [3.05, 3.63) is 66.1 Å². The van der Waals surface area contributed by atoms with E-state index in [9.17, 15) is 4.79 Å². The van der Waals surface area contributed by atoms with Gasteiger partial charge in [-0.25, -0.2) is 9.97 Å². The zero-order valence-electron chi connectivity index (χ0n) is 18.4. The van der Waals surface area contributed by atoms with Gasteiger partial charge in [0.05, 0.1) is 31.2 Å². The quantitative estimate of drug-likeness (QED) is 0.577. The van der Waals surface area contributed by atoms with E-state index < -0.39 is 0 Å². The van der Waals surface area contributed by atoms with Gasteiger partial charge in [-0.1, -0.05) is 26.0 Å². The number of carbonyl (C=O) groups excluding carboxylic acids is 1. The van der Waals surface area contributed by atoms with E-state index in [0.29, 0.717) is 12.8 Å². The average molecular weight is 420 g/mol. The summed E-state index contributed by atoms with van der Waals surface area (Å²) in [6, 6.07) is 7.86. The third-order valence-corrected chi connectivity index (χ3v) is 5.77. The molecule has 2 aromatic heterocycles. The number of hydrogen-bond acceptors (Lipinski definition) is 5. The predicted molar refractivity (Wildman–Crippen MR) is 118 cm³/mol. The third kappa shape index (κ3) is 4.60. The van der Waals surface area contributed by atoms with Gasteiger partial charge >= 0.3 is 0 Å². The summed E-state index contributed by atoms with van der Waals surface area (Å²) in [5.41, 5.74) is 1.98. The number of hydrogen-bond donors (Lipinski definition) is 0. The summed E-state index contributed by atoms with van der Waals surface area (Å²) in [5.74, 6) is 2.96. The van der Waals surface area contributed by atoms with E-state index in [1.165, 1.54) is 0 Å². The van der Waals surface area contributed by atoms with Crippen molar-refractivity contribution in [2.45, 2.75) is 51.5 Å². The minimum Gasteiger partial charge on any atom is -0.497 e. The molecule has 0 N–H and O–H groups in total. The molecule has 31 heavy (non-hydrogen) atoms. The van der Waals surface area contributed by atoms with Crippen molar-refractivity contribution < 1.29 is 9.53 Å². The molecule has 1 amide bonds. The number of aryl methyl sites for hydroxylation is 1. The highest BCUT2D eigenvalue weighted by Crippen LogP contribution is 2.32. The highest BCUT2D eigenvalue weighted by molar-refractivity contribution is 5.77. The van der Waals surface area contributed by atoms with E-state index in [0.717, 1.165) is 48.0 Å². The second-order valence-corrected chi connectivity index (χ2v) is 8.21. The summed E-state index contributed by atoms with van der Waals surface area (Å²) >= 11 is 0. The smallest absolute Gasteiger partial charge is 0.223 e. The van der Waals surface area contributed by atoms with E-state index in [-0.39, 0.29) is 17.9 Å². The van der Waals surface area contributed by atoms with Crippen molar-refractivity contribution in [3.63, 3.8) is 0 Å². The van der Waals surface area contributed by atoms with Crippen LogP contribution in [0.2, 0.25) is 0 Å². The molecule has 4 rings (SSSR count). The second kappa shape index (κ2) is 9.29. The zero-order valence-corrected chi connectivity index (χ0v) is 18.4. The van der Waals surface area contributed by atoms with Crippen molar-refractivity contribution in [1.29, 1.82) is 0 Å². The first-order valence-corrected chi connectivity index (χ1v) is 10.8. The van der Waals surface area contributed by atoms with Gasteiger partial charge < -0.3 is 9.64 Å². The predicted octanol–water partition coefficient (Wildman–Crippen LogP) is 4.09. The van der Waals surface area contributed by atoms with Gasteiger partial charge in [-0.05, 0) is 37.0 Å². The van der Waals surface area contributed by atoms with E-state index in [1.54, 1.807) is 25.7 Å². The van der Waals surface area contributed by atoms with Gasteiger partial charge in [-0.2, -0.15) is 0 Å². The second-order valence-electron chi connectivity index (χ2n) is 8.21. The molecule has 0 spiro atoms. The fourth-order valence-corrected chi connectivity index (χ4v) is 4.14. The summed E-state index contributed by atoms with van der Waals surface area (Å²) in [4.78, 5) is 28.7. The molecule has 1 saturated heterocycles. The number of carbonyl (C=O) groups is 1. The number of aromatic nitrogens is 4. The van der Waals surface area contributed by atoms with E-state index >= 15 is 0 Å². The molecule has 162 valence electrons. The molecule has 1 fully saturated rings. The van der Waals surface area contributed by atoms with Gasteiger partial charge in [0.15, 0.2) is 5.82 Å². The van der Waals surface area contributed by atoms with Crippen LogP contribution in [-0.2, 0) is 11.2 Å². The van der Waals surface area contributed by atoms with Crippen LogP contribution in [-0.4, -0.2) is 44.0 Å². The normalized spacial score (nSPS) is 16.1. The highest BCUT2D eigenvalue weighted by Gasteiger charge is 2.31. The van der Waals surface area contributed by atoms with Crippen molar-refractivity contribution >= 4 is 5.91 Å². The topological polar surface area (TPSA) is 73.1 Å². The van der Waals surface area contributed by atoms with Crippen molar-refractivity contribution in [1.82, 2.24) is 24.4 Å². The van der Waals surface area contributed by atoms with Crippen LogP contribution >= 0.6 is 0 Å². The molecule has 1 aliphatic rings. The summed E-state index contributed by atoms with van der Waals surface area (Å²) in [5, 5.41) is 0. The van der Waals surface area contributed by atoms with E-state index in [1.807, 2.05) is 39.9 Å². The summed E-state index contributed by atoms with van der Waals surface area (Å²) < 4.78 is 7.18. The van der Waals surface area contributed by atoms with Crippen LogP contribution < -0.4 is 4.74 Å². The van der Waals surface area contributed by atoms with Crippen molar-refractivity contribution in [2.75, 3.05) is 13.7 Å². The number of imidazole rings is 1. The molecule has 0 radical (unpaired) electrons. The van der Waals surface area contributed by atoms with Crippen LogP contribution in [0.3, 0.4) is 0 Å². The lowest BCUT2D eigenvalue weighted by molar-refractivity contribution is -0.132. The monoisotopic (exact) mass is 419 g/mol. The van der Waals surface area contributed by atoms with Crippen molar-refractivity contribution in [2.24, 2.45) is 0 Å². The Morgan fingerprint density at radius 1 is 1.23 bits per heavy atom. The van der Waals surface area contributed by atoms with E-state index in [2.05, 4.69) is 23.8 Å². The Balaban J connectivity index is 1.47. The van der Waals surface area contributed by atoms with Gasteiger partial charge in [-0.3, -0.25) is 14.3 Å². The lowest BCUT2D eigenvalue weighted by atomic mass is 10.1. The lowest BCUT2D eigenvalue weighted by Gasteiger charge is -2.24. The van der Waals surface area contributed by atoms with Crippen LogP contribution in [0.25, 0.3) is 5.82 Å². The zero-order chi connectivity index (χ0) is 21.8. The summed E-state index contributed by atoms with van der Waals surface area (Å²) in [6.45, 7) is 4.98. The maximum Gasteiger partial charge on any atom is 0.223 e. The number of nitrogens with zero attached hydrogens (tertiary/aromatic N) is 5. The first-order chi connectivity index (χ1) is 15.1. The number of likely N-dealkylation sites (tertiary alicyclic amines) is 1. The van der Waals surface area contributed by atoms with Crippen LogP contribution in [0, 0.1) is 0 Å². The molecule has 0 aliphatic carbocycles. The Hall–Kier alpha value is -3.22. The molecule has 7 heteroatoms. The summed E-state index contributed by atoms with van der Waals surface area (Å²) in [7, 11) is 1.65. The first-order valence-electron chi connectivity index (χ1n) is 10.8. The largest absolute Gasteiger partial charge is 0.497 e. The van der Waals surface area contributed by atoms with Gasteiger partial charge in [0, 0.05) is 31.3 Å². The van der Waals surface area contributed by atoms with Crippen LogP contribution in [0.1, 0.15) is 62.2 Å². The lowest BCUT2D eigenvalue weighted by Crippen LogP contribution is -2.31. The minimum atomic E-state index is -0.0261. The van der Waals surface area contributed by atoms with Gasteiger partial charge in [0.1, 0.15) is 11.6 Å². The number of methoxy groups -OCH3 is 1. The molecule has 7 nitrogen and oxygen atoms in total. The minimum absolute atomic E-state index is 0.0261. The Morgan fingerprint density at radius 3 is 2.77 bits per heavy atom. The van der Waals surface area contributed by atoms with Gasteiger partial charge in [-0.15, -0.1) is 0 Å². The molecule has 1 aliphatic heterocycles. The van der Waals surface area contributed by atoms with Crippen LogP contribution in [0.4, 0.5) is 0 Å². The fourth-order valence-electron chi connectivity index (χ4n) is 4.14. The number of rotatable bonds is 7. The maximum atomic E-state index is 13.0. The number of ether oxygens (including phenoxy) is 1. The average Bonchev–Trinajstić information content (AvgIpc) is 3.48. The Kier molecular flexibility index (Phi) is 6.30. The number of benzene rings is 1. The molecule has 3 aromatic rings. The first kappa shape index (κ1) is 21.0. The molecule has 1 atom stereocenters. The van der Waals surface area contributed by atoms with E-state index in [4.69, 9.17) is 9.72 Å². The molecule has 0 unspecified atom stereocenters. The molecule has 0 saturated carbocycles. The molecule has 0 bridgehead atoms. The summed E-state index contributed by atoms with van der Waals surface area (Å²) in [6.07, 6.45) is 10.3. The van der Waals surface area contributed by atoms with Crippen LogP contribution in [0.15, 0.2) is 49.1 Å². The van der Waals surface area contributed by atoms with Gasteiger partial charge in [0.25, 0.3) is 0 Å². The maximum absolute atomic E-state index is 13.0. The third-order valence-electron chi connectivity index (χ3n) is 5.77. The Morgan fingerprint density at radius 2 is 2.03 bits per heavy atom. The standard InChI is InChI=1S/C24H29N5O2/c1-17(2)24-26-12-14-29(24)22-16-25-15-20(27-22)21-5-4-13-28(21)23(30)11-8-18-6-9-19(31-3)10-7-18/h6-7,9-10,12,14-17,21H,4-5,8,11,13H2,1-3H3/t21-/m1/s1. The molecular formula is C24H29N5O2. The van der Waals surface area contributed by atoms with Gasteiger partial charge in [0.2, 0.25) is 5.91 Å². The Labute approximate surface area is 183 Å². The molecule has 1 aromatic carbocycles. The number of amides is 1. The Bertz CT molecular complexity index is 1030. The highest BCUT2D eigenvalue weighted by atomic mass is 16.5. The fraction of sp³-hybridized carbons (Fsp3) is 0.417.